The quantitative estimate of drug-likeness (QED) is 0.567. The van der Waals surface area contributed by atoms with Crippen molar-refractivity contribution in [2.75, 3.05) is 0 Å². The summed E-state index contributed by atoms with van der Waals surface area (Å²) in [5.41, 5.74) is 5.13. The lowest BCUT2D eigenvalue weighted by Crippen LogP contribution is -2.29. The second kappa shape index (κ2) is 6.07. The molecule has 3 rings (SSSR count). The lowest BCUT2D eigenvalue weighted by Gasteiger charge is -2.16. The summed E-state index contributed by atoms with van der Waals surface area (Å²) in [7, 11) is 0. The third kappa shape index (κ3) is 3.06. The first-order valence-corrected chi connectivity index (χ1v) is 7.66. The maximum Gasteiger partial charge on any atom is 0.126 e. The normalized spacial score (nSPS) is 12.7. The molecule has 6 heteroatoms. The fourth-order valence-corrected chi connectivity index (χ4v) is 3.23. The highest BCUT2D eigenvalue weighted by molar-refractivity contribution is 7.17. The number of aromatic nitrogens is 1. The van der Waals surface area contributed by atoms with E-state index in [1.165, 1.54) is 12.1 Å². The number of nitrogens with one attached hydrogen (secondary N) is 1. The van der Waals surface area contributed by atoms with Crippen molar-refractivity contribution in [3.63, 3.8) is 0 Å². The van der Waals surface area contributed by atoms with Crippen molar-refractivity contribution in [2.24, 2.45) is 5.84 Å². The molecule has 2 heterocycles. The summed E-state index contributed by atoms with van der Waals surface area (Å²) in [5.74, 6) is 5.34. The van der Waals surface area contributed by atoms with Crippen LogP contribution in [0.4, 0.5) is 4.39 Å². The van der Waals surface area contributed by atoms with Crippen LogP contribution < -0.4 is 11.3 Å². The third-order valence-corrected chi connectivity index (χ3v) is 4.45. The molecule has 0 saturated carbocycles. The Labute approximate surface area is 130 Å². The Balaban J connectivity index is 1.92. The summed E-state index contributed by atoms with van der Waals surface area (Å²) in [6.45, 7) is 0. The van der Waals surface area contributed by atoms with E-state index in [2.05, 4.69) is 10.4 Å². The maximum atomic E-state index is 13.8. The Hall–Kier alpha value is -1.53. The van der Waals surface area contributed by atoms with Gasteiger partial charge in [-0.1, -0.05) is 11.6 Å². The van der Waals surface area contributed by atoms with Crippen molar-refractivity contribution < 1.29 is 4.39 Å². The fraction of sp³-hybridized carbons (Fsp3) is 0.133. The van der Waals surface area contributed by atoms with Crippen LogP contribution in [0.25, 0.3) is 10.2 Å². The van der Waals surface area contributed by atoms with Gasteiger partial charge in [-0.3, -0.25) is 16.3 Å². The van der Waals surface area contributed by atoms with Gasteiger partial charge in [0.25, 0.3) is 0 Å². The molecule has 0 spiro atoms. The van der Waals surface area contributed by atoms with Gasteiger partial charge in [0.05, 0.1) is 16.3 Å². The summed E-state index contributed by atoms with van der Waals surface area (Å²) < 4.78 is 14.9. The van der Waals surface area contributed by atoms with Crippen molar-refractivity contribution in [2.45, 2.75) is 12.5 Å². The van der Waals surface area contributed by atoms with Crippen LogP contribution in [0.15, 0.2) is 41.9 Å². The SMILES string of the molecule is NNC(Cc1cc(Cl)ccc1F)c1cnc2ccsc2c1. The lowest BCUT2D eigenvalue weighted by atomic mass is 10.0. The largest absolute Gasteiger partial charge is 0.271 e. The van der Waals surface area contributed by atoms with E-state index in [1.807, 2.05) is 17.5 Å². The Morgan fingerprint density at radius 1 is 1.33 bits per heavy atom. The van der Waals surface area contributed by atoms with E-state index in [9.17, 15) is 4.39 Å². The molecule has 0 fully saturated rings. The summed E-state index contributed by atoms with van der Waals surface area (Å²) >= 11 is 7.54. The Bertz CT molecular complexity index is 774. The Kier molecular flexibility index (Phi) is 4.17. The number of hydrogen-bond acceptors (Lipinski definition) is 4. The van der Waals surface area contributed by atoms with E-state index in [0.717, 1.165) is 15.8 Å². The van der Waals surface area contributed by atoms with Gasteiger partial charge < -0.3 is 0 Å². The van der Waals surface area contributed by atoms with Gasteiger partial charge in [-0.2, -0.15) is 0 Å². The molecule has 1 aromatic carbocycles. The Morgan fingerprint density at radius 2 is 2.19 bits per heavy atom. The van der Waals surface area contributed by atoms with Crippen LogP contribution in [0.5, 0.6) is 0 Å². The minimum atomic E-state index is -0.287. The van der Waals surface area contributed by atoms with Crippen LogP contribution in [0.2, 0.25) is 5.02 Å². The number of fused-ring (bicyclic) bond motifs is 1. The number of nitrogens with zero attached hydrogens (tertiary/aromatic N) is 1. The lowest BCUT2D eigenvalue weighted by molar-refractivity contribution is 0.528. The highest BCUT2D eigenvalue weighted by Gasteiger charge is 2.15. The molecule has 3 N–H and O–H groups in total. The molecule has 108 valence electrons. The van der Waals surface area contributed by atoms with E-state index in [4.69, 9.17) is 17.4 Å². The highest BCUT2D eigenvalue weighted by atomic mass is 35.5. The average Bonchev–Trinajstić information content (AvgIpc) is 2.95. The minimum absolute atomic E-state index is 0.225. The van der Waals surface area contributed by atoms with E-state index >= 15 is 0 Å². The van der Waals surface area contributed by atoms with Gasteiger partial charge in [0.15, 0.2) is 0 Å². The van der Waals surface area contributed by atoms with Crippen LogP contribution in [-0.2, 0) is 6.42 Å². The van der Waals surface area contributed by atoms with Gasteiger partial charge >= 0.3 is 0 Å². The van der Waals surface area contributed by atoms with Crippen LogP contribution in [0, 0.1) is 5.82 Å². The molecule has 1 atom stereocenters. The summed E-state index contributed by atoms with van der Waals surface area (Å²) in [6.07, 6.45) is 2.17. The highest BCUT2D eigenvalue weighted by Crippen LogP contribution is 2.26. The maximum absolute atomic E-state index is 13.8. The average molecular weight is 322 g/mol. The molecular formula is C15H13ClFN3S. The second-order valence-electron chi connectivity index (χ2n) is 4.73. The fourth-order valence-electron chi connectivity index (χ4n) is 2.24. The molecule has 21 heavy (non-hydrogen) atoms. The summed E-state index contributed by atoms with van der Waals surface area (Å²) in [4.78, 5) is 4.39. The molecule has 0 aliphatic carbocycles. The van der Waals surface area contributed by atoms with Gasteiger partial charge in [-0.25, -0.2) is 4.39 Å². The van der Waals surface area contributed by atoms with Crippen molar-refractivity contribution in [1.29, 1.82) is 0 Å². The molecule has 0 aliphatic rings. The number of hydrazine groups is 1. The molecule has 0 saturated heterocycles. The number of halogens is 2. The zero-order valence-corrected chi connectivity index (χ0v) is 12.6. The van der Waals surface area contributed by atoms with Crippen LogP contribution in [0.3, 0.4) is 0 Å². The molecule has 3 aromatic rings. The predicted molar refractivity (Wildman–Crippen MR) is 84.8 cm³/mol. The first kappa shape index (κ1) is 14.4. The molecule has 3 nitrogen and oxygen atoms in total. The van der Waals surface area contributed by atoms with Crippen molar-refractivity contribution in [1.82, 2.24) is 10.4 Å². The monoisotopic (exact) mass is 321 g/mol. The van der Waals surface area contributed by atoms with Crippen molar-refractivity contribution in [3.8, 4) is 0 Å². The molecular weight excluding hydrogens is 309 g/mol. The third-order valence-electron chi connectivity index (χ3n) is 3.36. The van der Waals surface area contributed by atoms with Crippen LogP contribution in [-0.4, -0.2) is 4.98 Å². The zero-order valence-electron chi connectivity index (χ0n) is 11.0. The molecule has 2 aromatic heterocycles. The number of hydrogen-bond donors (Lipinski definition) is 2. The van der Waals surface area contributed by atoms with Gasteiger partial charge in [0, 0.05) is 11.2 Å². The molecule has 1 unspecified atom stereocenters. The topological polar surface area (TPSA) is 50.9 Å². The number of benzene rings is 1. The smallest absolute Gasteiger partial charge is 0.126 e. The predicted octanol–water partition coefficient (Wildman–Crippen LogP) is 3.84. The van der Waals surface area contributed by atoms with E-state index in [1.54, 1.807) is 23.6 Å². The number of nitrogens with two attached hydrogens (primary N) is 1. The van der Waals surface area contributed by atoms with E-state index in [0.29, 0.717) is 17.0 Å². The Morgan fingerprint density at radius 3 is 3.00 bits per heavy atom. The van der Waals surface area contributed by atoms with E-state index < -0.39 is 0 Å². The number of thiophene rings is 1. The second-order valence-corrected chi connectivity index (χ2v) is 6.12. The number of rotatable bonds is 4. The van der Waals surface area contributed by atoms with Crippen molar-refractivity contribution >= 4 is 33.2 Å². The first-order valence-electron chi connectivity index (χ1n) is 6.40. The molecule has 0 radical (unpaired) electrons. The minimum Gasteiger partial charge on any atom is -0.271 e. The van der Waals surface area contributed by atoms with E-state index in [-0.39, 0.29) is 11.9 Å². The van der Waals surface area contributed by atoms with Gasteiger partial charge in [-0.05, 0) is 53.3 Å². The molecule has 0 bridgehead atoms. The van der Waals surface area contributed by atoms with Gasteiger partial charge in [-0.15, -0.1) is 11.3 Å². The molecule has 0 amide bonds. The first-order chi connectivity index (χ1) is 10.2. The number of pyridine rings is 1. The van der Waals surface area contributed by atoms with Crippen LogP contribution >= 0.6 is 22.9 Å². The van der Waals surface area contributed by atoms with Gasteiger partial charge in [0.2, 0.25) is 0 Å². The molecule has 0 aliphatic heterocycles. The standard InChI is InChI=1S/C15H13ClFN3S/c16-11-1-2-12(17)9(5-11)6-14(20-18)10-7-15-13(19-8-10)3-4-21-15/h1-5,7-8,14,20H,6,18H2. The summed E-state index contributed by atoms with van der Waals surface area (Å²) in [6, 6.07) is 8.29. The van der Waals surface area contributed by atoms with Crippen LogP contribution in [0.1, 0.15) is 17.2 Å². The summed E-state index contributed by atoms with van der Waals surface area (Å²) in [5, 5.41) is 2.50. The van der Waals surface area contributed by atoms with Crippen molar-refractivity contribution in [3.05, 3.63) is 63.9 Å². The zero-order chi connectivity index (χ0) is 14.8. The van der Waals surface area contributed by atoms with Gasteiger partial charge in [0.1, 0.15) is 5.82 Å².